The number of fused-ring (bicyclic) bond motifs is 1. The zero-order valence-electron chi connectivity index (χ0n) is 24.0. The fourth-order valence-corrected chi connectivity index (χ4v) is 12.8. The Morgan fingerprint density at radius 2 is 1.08 bits per heavy atom. The molecule has 2 rings (SSSR count). The molecule has 1 aromatic carbocycles. The van der Waals surface area contributed by atoms with Crippen LogP contribution in [-0.2, 0) is 20.7 Å². The molecule has 0 saturated carbocycles. The molecule has 0 aromatic heterocycles. The van der Waals surface area contributed by atoms with Gasteiger partial charge in [-0.15, -0.1) is 6.67 Å². The molecule has 0 fully saturated rings. The molecular weight excluding hydrogens is 696 g/mol. The summed E-state index contributed by atoms with van der Waals surface area (Å²) in [6, 6.07) is 4.28. The van der Waals surface area contributed by atoms with Crippen LogP contribution in [0.4, 0.5) is 24.5 Å². The number of nitrogens with zero attached hydrogens (tertiary/aromatic N) is 3. The Kier molecular flexibility index (Phi) is 11.9. The number of benzene rings is 1. The summed E-state index contributed by atoms with van der Waals surface area (Å²) in [5.74, 6) is 0. The van der Waals surface area contributed by atoms with Crippen molar-refractivity contribution in [3.63, 3.8) is 0 Å². The van der Waals surface area contributed by atoms with E-state index in [1.807, 2.05) is 19.4 Å². The van der Waals surface area contributed by atoms with E-state index in [0.29, 0.717) is 5.69 Å². The standard InChI is InChI=1S/C26H44F3N2P2.HI.Mo.N/c1-22(2,3)32(23(4,5)6)17-30-16-31(18-33(24(7,8)9)25(10,11)12)21-15-19(26(27,28)29)13-14-20(21)30;;;/h13-16H,17-18H2,1-12H3;1H;;/q-1;;+1;/p+1. The third-order valence-corrected chi connectivity index (χ3v) is 15.0. The summed E-state index contributed by atoms with van der Waals surface area (Å²) in [4.78, 5) is 4.37. The molecule has 0 spiro atoms. The number of anilines is 2. The Morgan fingerprint density at radius 1 is 0.750 bits per heavy atom. The monoisotopic (exact) mass is 744 g/mol. The Bertz CT molecular complexity index is 895. The molecule has 1 aliphatic rings. The Labute approximate surface area is 239 Å². The van der Waals surface area contributed by atoms with Crippen molar-refractivity contribution in [2.45, 2.75) is 110 Å². The zero-order valence-corrected chi connectivity index (χ0v) is 30.1. The van der Waals surface area contributed by atoms with Gasteiger partial charge in [-0.1, -0.05) is 0 Å². The summed E-state index contributed by atoms with van der Waals surface area (Å²) in [7, 11) is -1.85. The molecule has 0 saturated heterocycles. The van der Waals surface area contributed by atoms with Crippen LogP contribution in [0.25, 0.3) is 0 Å². The zero-order chi connectivity index (χ0) is 28.5. The minimum absolute atomic E-state index is 0.123. The first-order valence-corrected chi connectivity index (χ1v) is 22.5. The second kappa shape index (κ2) is 12.4. The molecule has 0 atom stereocenters. The van der Waals surface area contributed by atoms with E-state index in [-0.39, 0.29) is 20.6 Å². The molecule has 0 bridgehead atoms. The molecule has 0 radical (unpaired) electrons. The van der Waals surface area contributed by atoms with Crippen LogP contribution >= 0.6 is 35.2 Å². The predicted octanol–water partition coefficient (Wildman–Crippen LogP) is 9.89. The third-order valence-electron chi connectivity index (χ3n) is 6.48. The van der Waals surface area contributed by atoms with Crippen LogP contribution in [-0.4, -0.2) is 33.2 Å². The van der Waals surface area contributed by atoms with Crippen molar-refractivity contribution in [2.75, 3.05) is 22.4 Å². The van der Waals surface area contributed by atoms with Crippen LogP contribution in [0.3, 0.4) is 0 Å². The summed E-state index contributed by atoms with van der Waals surface area (Å²) in [5.41, 5.74) is 1.03. The molecule has 3 nitrogen and oxygen atoms in total. The Hall–Kier alpha value is 0.598. The second-order valence-electron chi connectivity index (χ2n) is 13.6. The maximum atomic E-state index is 13.6. The van der Waals surface area contributed by atoms with E-state index < -0.39 is 42.1 Å². The quantitative estimate of drug-likeness (QED) is 0.133. The van der Waals surface area contributed by atoms with Crippen molar-refractivity contribution < 1.29 is 27.7 Å². The van der Waals surface area contributed by atoms with Crippen LogP contribution < -0.4 is 9.80 Å². The number of halogens is 4. The third kappa shape index (κ3) is 9.66. The van der Waals surface area contributed by atoms with Crippen LogP contribution in [0.15, 0.2) is 18.2 Å². The molecule has 0 N–H and O–H groups in total. The number of rotatable bonds is 4. The van der Waals surface area contributed by atoms with Gasteiger partial charge in [0.05, 0.1) is 26.2 Å². The topological polar surface area (TPSA) is 30.3 Å². The first-order chi connectivity index (χ1) is 15.9. The van der Waals surface area contributed by atoms with Crippen LogP contribution in [0, 0.1) is 10.4 Å². The van der Waals surface area contributed by atoms with Gasteiger partial charge in [-0.25, -0.2) is 0 Å². The SMILES string of the molecule is CC(C)(C)[PH+](CN1[CH-]N(C[PH+](C(C)(C)C)C(C)(C)C)c2cc(C(F)(F)F)ccc21)C(C)(C)C.[N]#[Mo][I]. The minimum atomic E-state index is -4.35. The van der Waals surface area contributed by atoms with Gasteiger partial charge in [-0.05, 0) is 101 Å². The fourth-order valence-electron chi connectivity index (χ4n) is 5.26. The van der Waals surface area contributed by atoms with E-state index in [1.165, 1.54) is 12.1 Å². The van der Waals surface area contributed by atoms with Gasteiger partial charge in [-0.3, -0.25) is 0 Å². The van der Waals surface area contributed by atoms with Crippen molar-refractivity contribution in [1.29, 1.82) is 3.73 Å². The van der Waals surface area contributed by atoms with Crippen LogP contribution in [0.1, 0.15) is 88.6 Å². The second-order valence-corrected chi connectivity index (χ2v) is 24.8. The molecule has 1 heterocycles. The first-order valence-electron chi connectivity index (χ1n) is 12.2. The van der Waals surface area contributed by atoms with Gasteiger partial charge < -0.3 is 9.80 Å². The van der Waals surface area contributed by atoms with Crippen molar-refractivity contribution in [1.82, 2.24) is 0 Å². The average molecular weight is 742 g/mol. The van der Waals surface area contributed by atoms with Crippen molar-refractivity contribution >= 4 is 46.6 Å². The summed E-state index contributed by atoms with van der Waals surface area (Å²) in [5, 5.41) is 0.583. The summed E-state index contributed by atoms with van der Waals surface area (Å²) in [6.07, 6.45) is -2.68. The van der Waals surface area contributed by atoms with Crippen LogP contribution in [0.2, 0.25) is 0 Å². The Balaban J connectivity index is 0.00000205. The normalized spacial score (nSPS) is 15.2. The van der Waals surface area contributed by atoms with E-state index in [2.05, 4.69) is 99.6 Å². The van der Waals surface area contributed by atoms with E-state index in [4.69, 9.17) is 3.73 Å². The van der Waals surface area contributed by atoms with Crippen LogP contribution in [0.5, 0.6) is 0 Å². The fraction of sp³-hybridized carbons (Fsp3) is 0.731. The molecule has 10 heteroatoms. The number of hydrogen-bond donors (Lipinski definition) is 0. The van der Waals surface area contributed by atoms with E-state index in [1.54, 1.807) is 6.07 Å². The molecular formula is C26H46F3IMoN3P2+. The van der Waals surface area contributed by atoms with E-state index in [9.17, 15) is 13.2 Å². The molecule has 0 aliphatic carbocycles. The molecule has 1 aromatic rings. The van der Waals surface area contributed by atoms with Gasteiger partial charge in [0, 0.05) is 27.2 Å². The molecule has 1 aliphatic heterocycles. The Morgan fingerprint density at radius 3 is 1.39 bits per heavy atom. The molecule has 36 heavy (non-hydrogen) atoms. The first kappa shape index (κ1) is 34.6. The van der Waals surface area contributed by atoms with E-state index >= 15 is 0 Å². The summed E-state index contributed by atoms with van der Waals surface area (Å²) < 4.78 is 48.5. The van der Waals surface area contributed by atoms with Crippen molar-refractivity contribution in [3.8, 4) is 0 Å². The number of hydrogen-bond acceptors (Lipinski definition) is 3. The molecule has 208 valence electrons. The predicted molar refractivity (Wildman–Crippen MR) is 162 cm³/mol. The van der Waals surface area contributed by atoms with Gasteiger partial charge in [0.2, 0.25) is 0 Å². The van der Waals surface area contributed by atoms with Gasteiger partial charge in [0.15, 0.2) is 0 Å². The number of alkyl halides is 3. The van der Waals surface area contributed by atoms with Crippen molar-refractivity contribution in [2.24, 2.45) is 0 Å². The maximum absolute atomic E-state index is 13.6. The van der Waals surface area contributed by atoms with Crippen molar-refractivity contribution in [3.05, 3.63) is 30.4 Å². The van der Waals surface area contributed by atoms with E-state index in [0.717, 1.165) is 18.3 Å². The summed E-state index contributed by atoms with van der Waals surface area (Å²) >= 11 is 1.41. The average Bonchev–Trinajstić information content (AvgIpc) is 2.97. The molecule has 0 amide bonds. The van der Waals surface area contributed by atoms with Gasteiger partial charge in [-0.2, -0.15) is 13.2 Å². The van der Waals surface area contributed by atoms with Gasteiger partial charge >= 0.3 is 43.8 Å². The van der Waals surface area contributed by atoms with Gasteiger partial charge in [0.1, 0.15) is 12.6 Å². The summed E-state index contributed by atoms with van der Waals surface area (Å²) in [6.45, 7) is 29.5. The molecule has 0 unspecified atom stereocenters. The van der Waals surface area contributed by atoms with Gasteiger partial charge in [0.25, 0.3) is 0 Å².